The number of carbonyl (C=O) groups is 1. The highest BCUT2D eigenvalue weighted by Gasteiger charge is 2.41. The number of benzene rings is 1. The lowest BCUT2D eigenvalue weighted by Crippen LogP contribution is -2.50. The van der Waals surface area contributed by atoms with Crippen LogP contribution >= 0.6 is 12.4 Å². The molecule has 1 atom stereocenters. The number of rotatable bonds is 5. The standard InChI is InChI=1S/C18H26N2O3.ClH/c1-22-12-18(8-10-19-11-9-18)17(21)20-15-7-6-14-13(15)4-3-5-16(14)23-2;/h3-5,15,19H,6-12H2,1-2H3,(H,20,21);1H. The molecule has 1 amide bonds. The minimum atomic E-state index is -0.401. The van der Waals surface area contributed by atoms with Gasteiger partial charge in [-0.15, -0.1) is 12.4 Å². The van der Waals surface area contributed by atoms with Crippen molar-refractivity contribution in [2.75, 3.05) is 33.9 Å². The molecule has 1 heterocycles. The van der Waals surface area contributed by atoms with Gasteiger partial charge in [-0.2, -0.15) is 0 Å². The van der Waals surface area contributed by atoms with Crippen molar-refractivity contribution in [2.45, 2.75) is 31.7 Å². The van der Waals surface area contributed by atoms with Crippen LogP contribution in [0.15, 0.2) is 18.2 Å². The molecule has 3 rings (SSSR count). The molecule has 1 aromatic carbocycles. The normalized spacial score (nSPS) is 21.5. The van der Waals surface area contributed by atoms with Crippen molar-refractivity contribution in [3.8, 4) is 5.75 Å². The molecule has 1 unspecified atom stereocenters. The van der Waals surface area contributed by atoms with Crippen molar-refractivity contribution in [1.82, 2.24) is 10.6 Å². The van der Waals surface area contributed by atoms with Gasteiger partial charge < -0.3 is 20.1 Å². The van der Waals surface area contributed by atoms with Crippen LogP contribution in [0.3, 0.4) is 0 Å². The average Bonchev–Trinajstić information content (AvgIpc) is 2.99. The Morgan fingerprint density at radius 1 is 1.33 bits per heavy atom. The summed E-state index contributed by atoms with van der Waals surface area (Å²) in [5.41, 5.74) is 2.02. The number of fused-ring (bicyclic) bond motifs is 1. The molecule has 1 aromatic rings. The molecule has 24 heavy (non-hydrogen) atoms. The van der Waals surface area contributed by atoms with E-state index in [-0.39, 0.29) is 24.4 Å². The van der Waals surface area contributed by atoms with E-state index in [4.69, 9.17) is 9.47 Å². The van der Waals surface area contributed by atoms with Gasteiger partial charge in [-0.1, -0.05) is 12.1 Å². The molecule has 0 bridgehead atoms. The predicted octanol–water partition coefficient (Wildman–Crippen LogP) is 2.24. The number of hydrogen-bond donors (Lipinski definition) is 2. The van der Waals surface area contributed by atoms with Crippen molar-refractivity contribution < 1.29 is 14.3 Å². The number of carbonyl (C=O) groups excluding carboxylic acids is 1. The van der Waals surface area contributed by atoms with Crippen LogP contribution in [0, 0.1) is 5.41 Å². The Labute approximate surface area is 149 Å². The maximum Gasteiger partial charge on any atom is 0.229 e. The zero-order chi connectivity index (χ0) is 16.3. The molecule has 134 valence electrons. The van der Waals surface area contributed by atoms with Crippen LogP contribution < -0.4 is 15.4 Å². The van der Waals surface area contributed by atoms with Gasteiger partial charge in [0.15, 0.2) is 0 Å². The quantitative estimate of drug-likeness (QED) is 0.851. The SMILES string of the molecule is COCC1(C(=O)NC2CCc3c(OC)cccc32)CCNCC1.Cl. The van der Waals surface area contributed by atoms with Crippen LogP contribution in [-0.2, 0) is 16.0 Å². The summed E-state index contributed by atoms with van der Waals surface area (Å²) in [5, 5.41) is 6.60. The average molecular weight is 355 g/mol. The van der Waals surface area contributed by atoms with Crippen LogP contribution in [0.2, 0.25) is 0 Å². The monoisotopic (exact) mass is 354 g/mol. The maximum atomic E-state index is 13.0. The van der Waals surface area contributed by atoms with E-state index < -0.39 is 5.41 Å². The first kappa shape index (κ1) is 19.0. The van der Waals surface area contributed by atoms with E-state index in [9.17, 15) is 4.79 Å². The van der Waals surface area contributed by atoms with Gasteiger partial charge in [0, 0.05) is 7.11 Å². The van der Waals surface area contributed by atoms with Crippen LogP contribution in [0.25, 0.3) is 0 Å². The largest absolute Gasteiger partial charge is 0.496 e. The van der Waals surface area contributed by atoms with Crippen molar-refractivity contribution in [3.05, 3.63) is 29.3 Å². The van der Waals surface area contributed by atoms with Crippen LogP contribution in [0.1, 0.15) is 36.4 Å². The summed E-state index contributed by atoms with van der Waals surface area (Å²) in [7, 11) is 3.37. The van der Waals surface area contributed by atoms with E-state index in [1.807, 2.05) is 12.1 Å². The molecule has 6 heteroatoms. The Morgan fingerprint density at radius 2 is 2.08 bits per heavy atom. The fraction of sp³-hybridized carbons (Fsp3) is 0.611. The highest BCUT2D eigenvalue weighted by molar-refractivity contribution is 5.85. The van der Waals surface area contributed by atoms with Gasteiger partial charge in [0.2, 0.25) is 5.91 Å². The first-order chi connectivity index (χ1) is 11.2. The molecule has 0 spiro atoms. The van der Waals surface area contributed by atoms with E-state index in [0.717, 1.165) is 44.5 Å². The first-order valence-corrected chi connectivity index (χ1v) is 8.36. The Morgan fingerprint density at radius 3 is 2.75 bits per heavy atom. The van der Waals surface area contributed by atoms with Gasteiger partial charge >= 0.3 is 0 Å². The third kappa shape index (κ3) is 3.53. The van der Waals surface area contributed by atoms with Gasteiger partial charge in [-0.3, -0.25) is 4.79 Å². The summed E-state index contributed by atoms with van der Waals surface area (Å²) in [6, 6.07) is 6.16. The highest BCUT2D eigenvalue weighted by atomic mass is 35.5. The second-order valence-corrected chi connectivity index (χ2v) is 6.56. The second kappa shape index (κ2) is 8.19. The number of nitrogens with one attached hydrogen (secondary N) is 2. The van der Waals surface area contributed by atoms with Crippen molar-refractivity contribution >= 4 is 18.3 Å². The number of halogens is 1. The molecule has 1 aliphatic carbocycles. The molecular weight excluding hydrogens is 328 g/mol. The fourth-order valence-electron chi connectivity index (χ4n) is 3.89. The van der Waals surface area contributed by atoms with E-state index in [2.05, 4.69) is 16.7 Å². The zero-order valence-corrected chi connectivity index (χ0v) is 15.2. The van der Waals surface area contributed by atoms with Crippen molar-refractivity contribution in [3.63, 3.8) is 0 Å². The third-order valence-electron chi connectivity index (χ3n) is 5.22. The van der Waals surface area contributed by atoms with Gasteiger partial charge in [0.1, 0.15) is 5.75 Å². The number of hydrogen-bond acceptors (Lipinski definition) is 4. The summed E-state index contributed by atoms with van der Waals surface area (Å²) in [6.07, 6.45) is 3.53. The van der Waals surface area contributed by atoms with Crippen molar-refractivity contribution in [1.29, 1.82) is 0 Å². The molecule has 0 saturated carbocycles. The molecule has 1 aliphatic heterocycles. The van der Waals surface area contributed by atoms with Crippen LogP contribution in [-0.4, -0.2) is 39.8 Å². The predicted molar refractivity (Wildman–Crippen MR) is 95.9 cm³/mol. The number of piperidine rings is 1. The van der Waals surface area contributed by atoms with Gasteiger partial charge in [0.05, 0.1) is 25.2 Å². The fourth-order valence-corrected chi connectivity index (χ4v) is 3.89. The Hall–Kier alpha value is -1.30. The number of ether oxygens (including phenoxy) is 2. The summed E-state index contributed by atoms with van der Waals surface area (Å²) in [5.74, 6) is 1.05. The van der Waals surface area contributed by atoms with Gasteiger partial charge in [-0.25, -0.2) is 0 Å². The lowest BCUT2D eigenvalue weighted by atomic mass is 9.78. The van der Waals surface area contributed by atoms with E-state index >= 15 is 0 Å². The number of methoxy groups -OCH3 is 2. The minimum absolute atomic E-state index is 0. The molecule has 5 nitrogen and oxygen atoms in total. The lowest BCUT2D eigenvalue weighted by Gasteiger charge is -2.36. The molecule has 2 aliphatic rings. The zero-order valence-electron chi connectivity index (χ0n) is 14.4. The highest BCUT2D eigenvalue weighted by Crippen LogP contribution is 2.38. The van der Waals surface area contributed by atoms with E-state index in [0.29, 0.717) is 6.61 Å². The summed E-state index contributed by atoms with van der Waals surface area (Å²) in [4.78, 5) is 13.0. The molecule has 1 fully saturated rings. The summed E-state index contributed by atoms with van der Waals surface area (Å²) >= 11 is 0. The molecule has 2 N–H and O–H groups in total. The summed E-state index contributed by atoms with van der Waals surface area (Å²) in [6.45, 7) is 2.22. The summed E-state index contributed by atoms with van der Waals surface area (Å²) < 4.78 is 10.8. The third-order valence-corrected chi connectivity index (χ3v) is 5.22. The topological polar surface area (TPSA) is 59.6 Å². The second-order valence-electron chi connectivity index (χ2n) is 6.56. The molecular formula is C18H27ClN2O3. The number of amides is 1. The molecule has 0 aromatic heterocycles. The first-order valence-electron chi connectivity index (χ1n) is 8.36. The molecule has 0 radical (unpaired) electrons. The van der Waals surface area contributed by atoms with Gasteiger partial charge in [-0.05, 0) is 56.0 Å². The Kier molecular flexibility index (Phi) is 6.49. The lowest BCUT2D eigenvalue weighted by molar-refractivity contribution is -0.137. The van der Waals surface area contributed by atoms with E-state index in [1.165, 1.54) is 11.1 Å². The molecule has 1 saturated heterocycles. The van der Waals surface area contributed by atoms with E-state index in [1.54, 1.807) is 14.2 Å². The smallest absolute Gasteiger partial charge is 0.229 e. The Balaban J connectivity index is 0.00000208. The minimum Gasteiger partial charge on any atom is -0.496 e. The maximum absolute atomic E-state index is 13.0. The van der Waals surface area contributed by atoms with Crippen LogP contribution in [0.5, 0.6) is 5.75 Å². The Bertz CT molecular complexity index is 568. The van der Waals surface area contributed by atoms with Gasteiger partial charge in [0.25, 0.3) is 0 Å². The van der Waals surface area contributed by atoms with Crippen LogP contribution in [0.4, 0.5) is 0 Å². The van der Waals surface area contributed by atoms with Crippen molar-refractivity contribution in [2.24, 2.45) is 5.41 Å².